The molecule has 0 aromatic rings. The van der Waals surface area contributed by atoms with Crippen molar-refractivity contribution in [2.75, 3.05) is 6.61 Å². The number of ether oxygens (including phenoxy) is 1. The molecule has 0 unspecified atom stereocenters. The molecule has 1 amide bonds. The lowest BCUT2D eigenvalue weighted by Gasteiger charge is -2.00. The van der Waals surface area contributed by atoms with Crippen LogP contribution < -0.4 is 5.43 Å². The van der Waals surface area contributed by atoms with E-state index in [1.54, 1.807) is 0 Å². The van der Waals surface area contributed by atoms with Crippen LogP contribution in [-0.2, 0) is 4.74 Å². The topological polar surface area (TPSA) is 50.7 Å². The van der Waals surface area contributed by atoms with E-state index in [1.165, 1.54) is 0 Å². The number of unbranched alkanes of at least 4 members (excludes halogenated alkanes) is 1. The molecule has 58 valence electrons. The van der Waals surface area contributed by atoms with E-state index in [-0.39, 0.29) is 0 Å². The van der Waals surface area contributed by atoms with Crippen molar-refractivity contribution in [1.82, 2.24) is 5.43 Å². The minimum atomic E-state index is -0.538. The molecule has 0 spiro atoms. The van der Waals surface area contributed by atoms with Crippen LogP contribution in [0, 0.1) is 0 Å². The SMILES string of the molecule is C=NNC(=O)OCCCC. The average Bonchev–Trinajstić information content (AvgIpc) is 1.89. The molecule has 0 saturated carbocycles. The van der Waals surface area contributed by atoms with Crippen molar-refractivity contribution < 1.29 is 9.53 Å². The monoisotopic (exact) mass is 144 g/mol. The third kappa shape index (κ3) is 5.08. The molecule has 0 aromatic heterocycles. The van der Waals surface area contributed by atoms with Crippen LogP contribution in [0.15, 0.2) is 5.10 Å². The summed E-state index contributed by atoms with van der Waals surface area (Å²) in [5.41, 5.74) is 2.06. The van der Waals surface area contributed by atoms with Crippen LogP contribution in [0.1, 0.15) is 19.8 Å². The quantitative estimate of drug-likeness (QED) is 0.365. The van der Waals surface area contributed by atoms with Gasteiger partial charge in [-0.3, -0.25) is 0 Å². The Morgan fingerprint density at radius 2 is 2.50 bits per heavy atom. The van der Waals surface area contributed by atoms with E-state index >= 15 is 0 Å². The molecule has 0 radical (unpaired) electrons. The normalized spacial score (nSPS) is 8.50. The molecule has 10 heavy (non-hydrogen) atoms. The molecule has 0 fully saturated rings. The van der Waals surface area contributed by atoms with Crippen molar-refractivity contribution in [3.05, 3.63) is 0 Å². The van der Waals surface area contributed by atoms with Crippen LogP contribution in [0.5, 0.6) is 0 Å². The van der Waals surface area contributed by atoms with Gasteiger partial charge in [0.05, 0.1) is 6.61 Å². The number of amides is 1. The zero-order valence-corrected chi connectivity index (χ0v) is 6.09. The molecule has 0 aromatic carbocycles. The first kappa shape index (κ1) is 8.94. The van der Waals surface area contributed by atoms with Gasteiger partial charge >= 0.3 is 6.09 Å². The second-order valence-electron chi connectivity index (χ2n) is 1.76. The van der Waals surface area contributed by atoms with Crippen LogP contribution in [0.4, 0.5) is 4.79 Å². The van der Waals surface area contributed by atoms with Gasteiger partial charge in [-0.1, -0.05) is 13.3 Å². The number of rotatable bonds is 4. The highest BCUT2D eigenvalue weighted by Crippen LogP contribution is 1.87. The fraction of sp³-hybridized carbons (Fsp3) is 0.667. The molecule has 0 bridgehead atoms. The molecule has 0 rings (SSSR count). The Kier molecular flexibility index (Phi) is 5.42. The summed E-state index contributed by atoms with van der Waals surface area (Å²) in [6.45, 7) is 5.53. The smallest absolute Gasteiger partial charge is 0.427 e. The molecule has 4 heteroatoms. The molecular formula is C6H12N2O2. The lowest BCUT2D eigenvalue weighted by atomic mass is 10.4. The van der Waals surface area contributed by atoms with Gasteiger partial charge in [-0.25, -0.2) is 10.2 Å². The first-order valence-corrected chi connectivity index (χ1v) is 3.19. The summed E-state index contributed by atoms with van der Waals surface area (Å²) in [4.78, 5) is 10.5. The van der Waals surface area contributed by atoms with E-state index in [9.17, 15) is 4.79 Å². The fourth-order valence-electron chi connectivity index (χ4n) is 0.406. The summed E-state index contributed by atoms with van der Waals surface area (Å²) < 4.78 is 4.64. The Morgan fingerprint density at radius 3 is 3.00 bits per heavy atom. The number of hydrogen-bond donors (Lipinski definition) is 1. The van der Waals surface area contributed by atoms with Gasteiger partial charge in [-0.2, -0.15) is 5.10 Å². The maximum absolute atomic E-state index is 10.5. The molecule has 0 atom stereocenters. The maximum Gasteiger partial charge on any atom is 0.427 e. The summed E-state index contributed by atoms with van der Waals surface area (Å²) in [6.07, 6.45) is 1.35. The van der Waals surface area contributed by atoms with Gasteiger partial charge < -0.3 is 4.74 Å². The van der Waals surface area contributed by atoms with Gasteiger partial charge in [0.2, 0.25) is 0 Å². The maximum atomic E-state index is 10.5. The Hall–Kier alpha value is -1.06. The van der Waals surface area contributed by atoms with Gasteiger partial charge in [0.1, 0.15) is 0 Å². The van der Waals surface area contributed by atoms with Crippen LogP contribution in [0.3, 0.4) is 0 Å². The Morgan fingerprint density at radius 1 is 1.80 bits per heavy atom. The zero-order chi connectivity index (χ0) is 7.82. The second kappa shape index (κ2) is 6.07. The van der Waals surface area contributed by atoms with E-state index in [0.29, 0.717) is 6.61 Å². The van der Waals surface area contributed by atoms with Crippen molar-refractivity contribution in [3.8, 4) is 0 Å². The molecule has 0 heterocycles. The summed E-state index contributed by atoms with van der Waals surface area (Å²) in [5, 5.41) is 3.14. The number of nitrogens with one attached hydrogen (secondary N) is 1. The molecular weight excluding hydrogens is 132 g/mol. The highest BCUT2D eigenvalue weighted by Gasteiger charge is 1.95. The molecule has 0 aliphatic heterocycles. The molecule has 0 aliphatic rings. The van der Waals surface area contributed by atoms with Crippen molar-refractivity contribution >= 4 is 12.8 Å². The van der Waals surface area contributed by atoms with E-state index in [2.05, 4.69) is 22.0 Å². The summed E-state index contributed by atoms with van der Waals surface area (Å²) >= 11 is 0. The first-order valence-electron chi connectivity index (χ1n) is 3.19. The molecule has 0 saturated heterocycles. The average molecular weight is 144 g/mol. The standard InChI is InChI=1S/C6H12N2O2/c1-3-4-5-10-6(9)8-7-2/h2-5H2,1H3,(H,8,9). The van der Waals surface area contributed by atoms with Crippen molar-refractivity contribution in [2.45, 2.75) is 19.8 Å². The van der Waals surface area contributed by atoms with Crippen molar-refractivity contribution in [2.24, 2.45) is 5.10 Å². The number of carbonyl (C=O) groups excluding carboxylic acids is 1. The predicted octanol–water partition coefficient (Wildman–Crippen LogP) is 1.13. The summed E-state index contributed by atoms with van der Waals surface area (Å²) in [6, 6.07) is 0. The van der Waals surface area contributed by atoms with E-state index in [0.717, 1.165) is 12.8 Å². The van der Waals surface area contributed by atoms with Crippen LogP contribution in [0.2, 0.25) is 0 Å². The summed E-state index contributed by atoms with van der Waals surface area (Å²) in [5.74, 6) is 0. The molecule has 1 N–H and O–H groups in total. The molecule has 4 nitrogen and oxygen atoms in total. The van der Waals surface area contributed by atoms with E-state index in [4.69, 9.17) is 0 Å². The summed E-state index contributed by atoms with van der Waals surface area (Å²) in [7, 11) is 0. The van der Waals surface area contributed by atoms with Crippen LogP contribution >= 0.6 is 0 Å². The second-order valence-corrected chi connectivity index (χ2v) is 1.76. The number of hydrogen-bond acceptors (Lipinski definition) is 3. The van der Waals surface area contributed by atoms with Gasteiger partial charge in [-0.15, -0.1) is 0 Å². The highest BCUT2D eigenvalue weighted by atomic mass is 16.5. The largest absolute Gasteiger partial charge is 0.448 e. The molecule has 0 aliphatic carbocycles. The number of carbonyl (C=O) groups is 1. The van der Waals surface area contributed by atoms with E-state index < -0.39 is 6.09 Å². The fourth-order valence-corrected chi connectivity index (χ4v) is 0.406. The minimum Gasteiger partial charge on any atom is -0.448 e. The number of hydrazone groups is 1. The Balaban J connectivity index is 3.13. The third-order valence-electron chi connectivity index (χ3n) is 0.901. The van der Waals surface area contributed by atoms with E-state index in [1.807, 2.05) is 6.92 Å². The predicted molar refractivity (Wildman–Crippen MR) is 38.9 cm³/mol. The van der Waals surface area contributed by atoms with Crippen molar-refractivity contribution in [1.29, 1.82) is 0 Å². The number of nitrogens with zero attached hydrogens (tertiary/aromatic N) is 1. The van der Waals surface area contributed by atoms with Gasteiger partial charge in [-0.05, 0) is 6.42 Å². The lowest BCUT2D eigenvalue weighted by Crippen LogP contribution is -2.18. The van der Waals surface area contributed by atoms with Crippen LogP contribution in [-0.4, -0.2) is 19.4 Å². The Bertz CT molecular complexity index is 114. The third-order valence-corrected chi connectivity index (χ3v) is 0.901. The Labute approximate surface area is 60.3 Å². The zero-order valence-electron chi connectivity index (χ0n) is 6.09. The highest BCUT2D eigenvalue weighted by molar-refractivity contribution is 5.67. The van der Waals surface area contributed by atoms with Crippen molar-refractivity contribution in [3.63, 3.8) is 0 Å². The first-order chi connectivity index (χ1) is 4.81. The van der Waals surface area contributed by atoms with Gasteiger partial charge in [0, 0.05) is 6.72 Å². The lowest BCUT2D eigenvalue weighted by molar-refractivity contribution is 0.145. The minimum absolute atomic E-state index is 0.442. The van der Waals surface area contributed by atoms with Crippen LogP contribution in [0.25, 0.3) is 0 Å². The van der Waals surface area contributed by atoms with Gasteiger partial charge in [0.15, 0.2) is 0 Å². The van der Waals surface area contributed by atoms with Gasteiger partial charge in [0.25, 0.3) is 0 Å².